The number of nitrogens with zero attached hydrogens (tertiary/aromatic N) is 3. The minimum absolute atomic E-state index is 0.512. The zero-order valence-corrected chi connectivity index (χ0v) is 10.4. The molecular formula is C9H9N6O3P. The Bertz CT molecular complexity index is 495. The van der Waals surface area contributed by atoms with E-state index < -0.39 is 8.60 Å². The Labute approximate surface area is 108 Å². The van der Waals surface area contributed by atoms with Gasteiger partial charge in [-0.25, -0.2) is 0 Å². The normalized spacial score (nSPS) is 10.6. The van der Waals surface area contributed by atoms with Crippen LogP contribution in [0, 0.1) is 0 Å². The number of aromatic nitrogens is 6. The quantitative estimate of drug-likeness (QED) is 0.591. The van der Waals surface area contributed by atoms with Crippen molar-refractivity contribution in [2.24, 2.45) is 0 Å². The zero-order chi connectivity index (χ0) is 12.9. The van der Waals surface area contributed by atoms with Gasteiger partial charge in [-0.05, 0) is 0 Å². The van der Waals surface area contributed by atoms with Gasteiger partial charge >= 0.3 is 8.60 Å². The van der Waals surface area contributed by atoms with E-state index >= 15 is 0 Å². The van der Waals surface area contributed by atoms with Crippen LogP contribution in [0.25, 0.3) is 0 Å². The molecule has 19 heavy (non-hydrogen) atoms. The predicted molar refractivity (Wildman–Crippen MR) is 64.6 cm³/mol. The second kappa shape index (κ2) is 5.40. The first-order chi connectivity index (χ1) is 9.40. The average molecular weight is 280 g/mol. The third-order valence-electron chi connectivity index (χ3n) is 1.96. The van der Waals surface area contributed by atoms with Gasteiger partial charge in [-0.15, -0.1) is 0 Å². The first kappa shape index (κ1) is 11.5. The fourth-order valence-electron chi connectivity index (χ4n) is 1.18. The summed E-state index contributed by atoms with van der Waals surface area (Å²) < 4.78 is 16.6. The molecule has 0 aliphatic carbocycles. The fraction of sp³-hybridized carbons (Fsp3) is 0. The standard InChI is InChI=1S/C9H9N6O3P/c1-7(2-11-10-1)16-19(17-8-3-12-13-4-8)18-9-5-14-15-6-9/h1-6H,(H,10,11)(H,12,13)(H,14,15). The number of aromatic amines is 3. The Morgan fingerprint density at radius 3 is 1.32 bits per heavy atom. The van der Waals surface area contributed by atoms with Crippen molar-refractivity contribution < 1.29 is 13.6 Å². The summed E-state index contributed by atoms with van der Waals surface area (Å²) in [5.74, 6) is 1.54. The van der Waals surface area contributed by atoms with E-state index in [1.165, 1.54) is 18.6 Å². The lowest BCUT2D eigenvalue weighted by Gasteiger charge is -2.14. The maximum Gasteiger partial charge on any atom is 0.530 e. The van der Waals surface area contributed by atoms with Crippen molar-refractivity contribution in [1.29, 1.82) is 0 Å². The van der Waals surface area contributed by atoms with E-state index in [2.05, 4.69) is 30.6 Å². The summed E-state index contributed by atoms with van der Waals surface area (Å²) in [6.07, 6.45) is 9.33. The summed E-state index contributed by atoms with van der Waals surface area (Å²) in [6, 6.07) is 0. The number of hydrogen-bond acceptors (Lipinski definition) is 6. The molecule has 0 radical (unpaired) electrons. The van der Waals surface area contributed by atoms with Gasteiger partial charge in [-0.2, -0.15) is 15.3 Å². The van der Waals surface area contributed by atoms with Gasteiger partial charge in [0.25, 0.3) is 0 Å². The maximum atomic E-state index is 5.54. The van der Waals surface area contributed by atoms with Gasteiger partial charge in [0.05, 0.1) is 37.2 Å². The molecule has 0 unspecified atom stereocenters. The van der Waals surface area contributed by atoms with Crippen LogP contribution >= 0.6 is 8.60 Å². The molecule has 0 aromatic carbocycles. The van der Waals surface area contributed by atoms with Crippen LogP contribution in [0.5, 0.6) is 17.2 Å². The second-order valence-corrected chi connectivity index (χ2v) is 4.29. The van der Waals surface area contributed by atoms with Crippen molar-refractivity contribution >= 4 is 8.60 Å². The summed E-state index contributed by atoms with van der Waals surface area (Å²) in [5, 5.41) is 19.3. The fourth-order valence-corrected chi connectivity index (χ4v) is 2.11. The van der Waals surface area contributed by atoms with Crippen molar-refractivity contribution in [3.8, 4) is 17.2 Å². The summed E-state index contributed by atoms with van der Waals surface area (Å²) in [7, 11) is -1.69. The highest BCUT2D eigenvalue weighted by Crippen LogP contribution is 2.41. The van der Waals surface area contributed by atoms with Crippen molar-refractivity contribution in [3.63, 3.8) is 0 Å². The number of H-pyrrole nitrogens is 3. The molecule has 98 valence electrons. The van der Waals surface area contributed by atoms with Gasteiger partial charge in [-0.3, -0.25) is 15.3 Å². The molecular weight excluding hydrogens is 271 g/mol. The smallest absolute Gasteiger partial charge is 0.405 e. The Balaban J connectivity index is 1.70. The Morgan fingerprint density at radius 2 is 1.05 bits per heavy atom. The van der Waals surface area contributed by atoms with Crippen molar-refractivity contribution in [2.75, 3.05) is 0 Å². The second-order valence-electron chi connectivity index (χ2n) is 3.30. The molecule has 3 heterocycles. The highest BCUT2D eigenvalue weighted by atomic mass is 31.2. The van der Waals surface area contributed by atoms with Crippen LogP contribution in [0.15, 0.2) is 37.2 Å². The van der Waals surface area contributed by atoms with E-state index in [4.69, 9.17) is 13.6 Å². The Morgan fingerprint density at radius 1 is 0.684 bits per heavy atom. The molecule has 0 saturated heterocycles. The third kappa shape index (κ3) is 3.02. The number of hydrogen-bond donors (Lipinski definition) is 3. The van der Waals surface area contributed by atoms with E-state index in [1.807, 2.05) is 0 Å². The molecule has 3 rings (SSSR count). The van der Waals surface area contributed by atoms with E-state index in [-0.39, 0.29) is 0 Å². The minimum Gasteiger partial charge on any atom is -0.405 e. The molecule has 0 bridgehead atoms. The molecule has 0 aliphatic rings. The molecule has 10 heteroatoms. The first-order valence-corrected chi connectivity index (χ1v) is 6.30. The third-order valence-corrected chi connectivity index (χ3v) is 3.04. The molecule has 3 aromatic heterocycles. The van der Waals surface area contributed by atoms with Gasteiger partial charge in [0.15, 0.2) is 17.2 Å². The predicted octanol–water partition coefficient (Wildman–Crippen LogP) is 1.62. The lowest BCUT2D eigenvalue weighted by Crippen LogP contribution is -2.01. The maximum absolute atomic E-state index is 5.54. The van der Waals surface area contributed by atoms with Crippen LogP contribution in [0.4, 0.5) is 0 Å². The molecule has 0 spiro atoms. The Kier molecular flexibility index (Phi) is 3.28. The van der Waals surface area contributed by atoms with Crippen LogP contribution in [0.1, 0.15) is 0 Å². The molecule has 0 atom stereocenters. The SMILES string of the molecule is c1n[nH]cc1OP(Oc1cn[nH]c1)Oc1cn[nH]c1. The summed E-state index contributed by atoms with van der Waals surface area (Å²) in [5.41, 5.74) is 0. The van der Waals surface area contributed by atoms with Crippen LogP contribution in [-0.4, -0.2) is 30.6 Å². The zero-order valence-electron chi connectivity index (χ0n) is 9.48. The summed E-state index contributed by atoms with van der Waals surface area (Å²) >= 11 is 0. The lowest BCUT2D eigenvalue weighted by atomic mass is 10.7. The van der Waals surface area contributed by atoms with E-state index in [0.29, 0.717) is 17.2 Å². The molecule has 0 aliphatic heterocycles. The van der Waals surface area contributed by atoms with E-state index in [9.17, 15) is 0 Å². The van der Waals surface area contributed by atoms with Crippen LogP contribution < -0.4 is 13.6 Å². The van der Waals surface area contributed by atoms with Crippen LogP contribution in [0.2, 0.25) is 0 Å². The molecule has 0 amide bonds. The topological polar surface area (TPSA) is 114 Å². The van der Waals surface area contributed by atoms with Gasteiger partial charge in [-0.1, -0.05) is 0 Å². The highest BCUT2D eigenvalue weighted by Gasteiger charge is 2.21. The molecule has 0 saturated carbocycles. The van der Waals surface area contributed by atoms with Crippen molar-refractivity contribution in [2.45, 2.75) is 0 Å². The first-order valence-electron chi connectivity index (χ1n) is 5.20. The highest BCUT2D eigenvalue weighted by molar-refractivity contribution is 7.43. The number of rotatable bonds is 6. The van der Waals surface area contributed by atoms with Gasteiger partial charge in [0.1, 0.15) is 0 Å². The summed E-state index contributed by atoms with van der Waals surface area (Å²) in [6.45, 7) is 0. The van der Waals surface area contributed by atoms with Gasteiger partial charge < -0.3 is 13.6 Å². The average Bonchev–Trinajstić information content (AvgIpc) is 3.10. The molecule has 9 nitrogen and oxygen atoms in total. The Hall–Kier alpha value is -2.54. The minimum atomic E-state index is -1.69. The molecule has 3 aromatic rings. The monoisotopic (exact) mass is 280 g/mol. The van der Waals surface area contributed by atoms with Gasteiger partial charge in [0, 0.05) is 0 Å². The largest absolute Gasteiger partial charge is 0.530 e. The molecule has 3 N–H and O–H groups in total. The van der Waals surface area contributed by atoms with Crippen molar-refractivity contribution in [3.05, 3.63) is 37.2 Å². The van der Waals surface area contributed by atoms with E-state index in [1.54, 1.807) is 18.6 Å². The van der Waals surface area contributed by atoms with Crippen LogP contribution in [-0.2, 0) is 0 Å². The van der Waals surface area contributed by atoms with Crippen molar-refractivity contribution in [1.82, 2.24) is 30.6 Å². The summed E-state index contributed by atoms with van der Waals surface area (Å²) in [4.78, 5) is 0. The molecule has 0 fully saturated rings. The lowest BCUT2D eigenvalue weighted by molar-refractivity contribution is 0.388. The van der Waals surface area contributed by atoms with E-state index in [0.717, 1.165) is 0 Å². The van der Waals surface area contributed by atoms with Gasteiger partial charge in [0.2, 0.25) is 0 Å². The van der Waals surface area contributed by atoms with Crippen LogP contribution in [0.3, 0.4) is 0 Å². The number of nitrogens with one attached hydrogen (secondary N) is 3.